The summed E-state index contributed by atoms with van der Waals surface area (Å²) >= 11 is 11.5. The monoisotopic (exact) mass is 332 g/mol. The Kier molecular flexibility index (Phi) is 3.99. The molecule has 5 nitrogen and oxygen atoms in total. The molecule has 4 N–H and O–H groups in total. The largest absolute Gasteiger partial charge is 0.397 e. The lowest BCUT2D eigenvalue weighted by atomic mass is 10.3. The van der Waals surface area contributed by atoms with E-state index in [-0.39, 0.29) is 26.4 Å². The van der Waals surface area contributed by atoms with Crippen molar-refractivity contribution >= 4 is 44.7 Å². The van der Waals surface area contributed by atoms with Crippen LogP contribution in [-0.2, 0) is 10.1 Å². The number of nitrogens with two attached hydrogens (primary N) is 2. The minimum Gasteiger partial charge on any atom is -0.397 e. The number of nitrogen functional groups attached to an aromatic ring is 2. The van der Waals surface area contributed by atoms with Crippen molar-refractivity contribution < 1.29 is 12.6 Å². The molecule has 0 amide bonds. The Morgan fingerprint density at radius 3 is 2.20 bits per heavy atom. The first-order chi connectivity index (χ1) is 9.29. The summed E-state index contributed by atoms with van der Waals surface area (Å²) in [6.07, 6.45) is 0. The van der Waals surface area contributed by atoms with Crippen molar-refractivity contribution in [2.45, 2.75) is 4.90 Å². The zero-order valence-electron chi connectivity index (χ0n) is 10.0. The van der Waals surface area contributed by atoms with Gasteiger partial charge in [-0.15, -0.1) is 0 Å². The molecule has 2 rings (SSSR count). The molecule has 0 unspecified atom stereocenters. The summed E-state index contributed by atoms with van der Waals surface area (Å²) in [5.74, 6) is 0.0581. The van der Waals surface area contributed by atoms with Crippen LogP contribution in [0, 0.1) is 0 Å². The fourth-order valence-electron chi connectivity index (χ4n) is 1.41. The van der Waals surface area contributed by atoms with Gasteiger partial charge in [-0.25, -0.2) is 0 Å². The summed E-state index contributed by atoms with van der Waals surface area (Å²) in [6.45, 7) is 0. The molecule has 2 aromatic rings. The van der Waals surface area contributed by atoms with E-state index in [0.717, 1.165) is 0 Å². The normalized spacial score (nSPS) is 11.3. The number of halogens is 2. The van der Waals surface area contributed by atoms with Gasteiger partial charge in [-0.05, 0) is 30.3 Å². The van der Waals surface area contributed by atoms with E-state index >= 15 is 0 Å². The van der Waals surface area contributed by atoms with E-state index in [1.165, 1.54) is 36.4 Å². The van der Waals surface area contributed by atoms with Crippen molar-refractivity contribution in [2.75, 3.05) is 11.5 Å². The van der Waals surface area contributed by atoms with Crippen LogP contribution < -0.4 is 15.7 Å². The third-order valence-corrected chi connectivity index (χ3v) is 4.43. The molecular weight excluding hydrogens is 323 g/mol. The lowest BCUT2D eigenvalue weighted by Gasteiger charge is -2.09. The van der Waals surface area contributed by atoms with Gasteiger partial charge < -0.3 is 15.7 Å². The summed E-state index contributed by atoms with van der Waals surface area (Å²) in [7, 11) is -4.02. The minimum atomic E-state index is -4.02. The molecule has 2 aromatic carbocycles. The maximum absolute atomic E-state index is 12.1. The molecule has 0 aliphatic rings. The molecule has 0 saturated carbocycles. The van der Waals surface area contributed by atoms with E-state index < -0.39 is 10.1 Å². The highest BCUT2D eigenvalue weighted by Gasteiger charge is 2.18. The highest BCUT2D eigenvalue weighted by molar-refractivity contribution is 7.87. The summed E-state index contributed by atoms with van der Waals surface area (Å²) in [6, 6.07) is 8.06. The zero-order valence-corrected chi connectivity index (χ0v) is 12.3. The van der Waals surface area contributed by atoms with Gasteiger partial charge in [-0.2, -0.15) is 8.42 Å². The van der Waals surface area contributed by atoms with Crippen LogP contribution in [0.5, 0.6) is 5.75 Å². The van der Waals surface area contributed by atoms with Crippen LogP contribution in [0.4, 0.5) is 11.4 Å². The molecule has 20 heavy (non-hydrogen) atoms. The number of hydrogen-bond donors (Lipinski definition) is 2. The van der Waals surface area contributed by atoms with Gasteiger partial charge in [0, 0.05) is 6.07 Å². The van der Waals surface area contributed by atoms with Gasteiger partial charge in [0.15, 0.2) is 0 Å². The first-order valence-corrected chi connectivity index (χ1v) is 7.50. The molecule has 0 heterocycles. The maximum atomic E-state index is 12.1. The van der Waals surface area contributed by atoms with Gasteiger partial charge in [0.05, 0.1) is 21.4 Å². The lowest BCUT2D eigenvalue weighted by molar-refractivity contribution is 0.486. The Labute approximate surface area is 126 Å². The van der Waals surface area contributed by atoms with E-state index in [4.69, 9.17) is 38.9 Å². The second kappa shape index (κ2) is 5.40. The SMILES string of the molecule is Nc1ccc(OS(=O)(=O)c2ccc(Cl)c(Cl)c2)cc1N. The van der Waals surface area contributed by atoms with Gasteiger partial charge >= 0.3 is 10.1 Å². The van der Waals surface area contributed by atoms with Crippen LogP contribution in [0.2, 0.25) is 10.0 Å². The summed E-state index contributed by atoms with van der Waals surface area (Å²) in [4.78, 5) is -0.109. The molecule has 0 radical (unpaired) electrons. The molecule has 0 atom stereocenters. The van der Waals surface area contributed by atoms with E-state index in [1.807, 2.05) is 0 Å². The molecule has 0 fully saturated rings. The highest BCUT2D eigenvalue weighted by Crippen LogP contribution is 2.28. The molecule has 0 saturated heterocycles. The van der Waals surface area contributed by atoms with Gasteiger partial charge in [0.1, 0.15) is 10.6 Å². The molecular formula is C12H10Cl2N2O3S. The second-order valence-electron chi connectivity index (χ2n) is 3.90. The van der Waals surface area contributed by atoms with Gasteiger partial charge in [-0.3, -0.25) is 0 Å². The molecule has 106 valence electrons. The number of anilines is 2. The second-order valence-corrected chi connectivity index (χ2v) is 6.26. The molecule has 0 bridgehead atoms. The zero-order chi connectivity index (χ0) is 14.9. The van der Waals surface area contributed by atoms with Crippen molar-refractivity contribution in [3.8, 4) is 5.75 Å². The Morgan fingerprint density at radius 2 is 1.60 bits per heavy atom. The predicted molar refractivity (Wildman–Crippen MR) is 79.5 cm³/mol. The maximum Gasteiger partial charge on any atom is 0.339 e. The Balaban J connectivity index is 2.35. The van der Waals surface area contributed by atoms with Crippen LogP contribution in [0.25, 0.3) is 0 Å². The average Bonchev–Trinajstić information content (AvgIpc) is 2.37. The Morgan fingerprint density at radius 1 is 0.900 bits per heavy atom. The Hall–Kier alpha value is -1.63. The van der Waals surface area contributed by atoms with Crippen molar-refractivity contribution in [2.24, 2.45) is 0 Å². The first-order valence-electron chi connectivity index (χ1n) is 5.34. The summed E-state index contributed by atoms with van der Waals surface area (Å²) in [5, 5.41) is 0.371. The Bertz CT molecular complexity index is 763. The van der Waals surface area contributed by atoms with Crippen LogP contribution in [0.1, 0.15) is 0 Å². The third kappa shape index (κ3) is 3.09. The van der Waals surface area contributed by atoms with Crippen molar-refractivity contribution in [3.05, 3.63) is 46.4 Å². The van der Waals surface area contributed by atoms with Gasteiger partial charge in [0.2, 0.25) is 0 Å². The fraction of sp³-hybridized carbons (Fsp3) is 0. The highest BCUT2D eigenvalue weighted by atomic mass is 35.5. The number of rotatable bonds is 3. The van der Waals surface area contributed by atoms with E-state index in [9.17, 15) is 8.42 Å². The quantitative estimate of drug-likeness (QED) is 0.665. The topological polar surface area (TPSA) is 95.4 Å². The van der Waals surface area contributed by atoms with Gasteiger partial charge in [-0.1, -0.05) is 23.2 Å². The van der Waals surface area contributed by atoms with Crippen LogP contribution in [-0.4, -0.2) is 8.42 Å². The van der Waals surface area contributed by atoms with Crippen LogP contribution in [0.15, 0.2) is 41.3 Å². The molecule has 0 aliphatic carbocycles. The first kappa shape index (κ1) is 14.8. The van der Waals surface area contributed by atoms with Crippen molar-refractivity contribution in [1.82, 2.24) is 0 Å². The van der Waals surface area contributed by atoms with Crippen LogP contribution in [0.3, 0.4) is 0 Å². The van der Waals surface area contributed by atoms with E-state index in [0.29, 0.717) is 5.69 Å². The molecule has 0 aromatic heterocycles. The third-order valence-electron chi connectivity index (χ3n) is 2.44. The number of benzene rings is 2. The van der Waals surface area contributed by atoms with Crippen LogP contribution >= 0.6 is 23.2 Å². The fourth-order valence-corrected chi connectivity index (χ4v) is 2.72. The average molecular weight is 333 g/mol. The standard InChI is InChI=1S/C12H10Cl2N2O3S/c13-9-3-2-8(6-10(9)14)20(17,18)19-7-1-4-11(15)12(16)5-7/h1-6H,15-16H2. The smallest absolute Gasteiger partial charge is 0.339 e. The molecule has 0 spiro atoms. The molecule has 8 heteroatoms. The van der Waals surface area contributed by atoms with Crippen molar-refractivity contribution in [3.63, 3.8) is 0 Å². The van der Waals surface area contributed by atoms with Crippen molar-refractivity contribution in [1.29, 1.82) is 0 Å². The van der Waals surface area contributed by atoms with Gasteiger partial charge in [0.25, 0.3) is 0 Å². The summed E-state index contributed by atoms with van der Waals surface area (Å²) in [5.41, 5.74) is 11.7. The summed E-state index contributed by atoms with van der Waals surface area (Å²) < 4.78 is 29.1. The van der Waals surface area contributed by atoms with E-state index in [2.05, 4.69) is 0 Å². The minimum absolute atomic E-state index is 0.0581. The lowest BCUT2D eigenvalue weighted by Crippen LogP contribution is -2.10. The van der Waals surface area contributed by atoms with E-state index in [1.54, 1.807) is 0 Å². The molecule has 0 aliphatic heterocycles. The predicted octanol–water partition coefficient (Wildman–Crippen LogP) is 2.93. The number of hydrogen-bond acceptors (Lipinski definition) is 5.